The first kappa shape index (κ1) is 12.2. The summed E-state index contributed by atoms with van der Waals surface area (Å²) in [6.07, 6.45) is 1.97. The monoisotopic (exact) mass is 242 g/mol. The number of fused-ring (bicyclic) bond motifs is 1. The summed E-state index contributed by atoms with van der Waals surface area (Å²) in [6, 6.07) is 7.73. The smallest absolute Gasteiger partial charge is 0.311 e. The Morgan fingerprint density at radius 2 is 2.28 bits per heavy atom. The van der Waals surface area contributed by atoms with Gasteiger partial charge >= 0.3 is 5.97 Å². The lowest BCUT2D eigenvalue weighted by Crippen LogP contribution is -2.10. The lowest BCUT2D eigenvalue weighted by Gasteiger charge is -2.05. The number of hydrogen-bond acceptors (Lipinski definition) is 3. The maximum Gasteiger partial charge on any atom is 0.311 e. The molecule has 0 unspecified atom stereocenters. The second-order valence-electron chi connectivity index (χ2n) is 4.08. The van der Waals surface area contributed by atoms with E-state index in [1.807, 2.05) is 23.5 Å². The molecule has 0 saturated heterocycles. The van der Waals surface area contributed by atoms with E-state index >= 15 is 0 Å². The molecule has 0 N–H and O–H groups in total. The second-order valence-corrected chi connectivity index (χ2v) is 4.08. The molecule has 2 aromatic rings. The molecule has 4 heteroatoms. The van der Waals surface area contributed by atoms with Crippen molar-refractivity contribution in [2.75, 3.05) is 6.61 Å². The number of carbonyl (C=O) groups excluding carboxylic acids is 1. The maximum atomic E-state index is 11.6. The number of hydrogen-bond donors (Lipinski definition) is 0. The molecule has 2 rings (SSSR count). The van der Waals surface area contributed by atoms with Crippen LogP contribution < -0.4 is 0 Å². The van der Waals surface area contributed by atoms with E-state index in [-0.39, 0.29) is 12.4 Å². The molecule has 0 aliphatic rings. The second kappa shape index (κ2) is 4.92. The highest BCUT2D eigenvalue weighted by Gasteiger charge is 2.12. The Hall–Kier alpha value is -2.28. The summed E-state index contributed by atoms with van der Waals surface area (Å²) in [5.41, 5.74) is 3.45. The minimum Gasteiger partial charge on any atom is -0.466 e. The predicted molar refractivity (Wildman–Crippen MR) is 67.2 cm³/mol. The van der Waals surface area contributed by atoms with Crippen LogP contribution in [-0.2, 0) is 16.0 Å². The normalized spacial score (nSPS) is 10.3. The molecule has 0 fully saturated rings. The first-order chi connectivity index (χ1) is 8.65. The van der Waals surface area contributed by atoms with Crippen molar-refractivity contribution < 1.29 is 9.53 Å². The van der Waals surface area contributed by atoms with Gasteiger partial charge in [-0.15, -0.1) is 0 Å². The molecule has 2 heterocycles. The van der Waals surface area contributed by atoms with Crippen molar-refractivity contribution in [3.63, 3.8) is 0 Å². The Morgan fingerprint density at radius 3 is 2.94 bits per heavy atom. The summed E-state index contributed by atoms with van der Waals surface area (Å²) in [7, 11) is 0. The molecule has 0 saturated carbocycles. The standard InChI is InChI=1S/C14H14N2O2/c1-3-18-14(17)7-13-10(2)6-12-5-4-11(8-15)9-16(12)13/h4-6,9H,3,7H2,1-2H3. The van der Waals surface area contributed by atoms with Gasteiger partial charge in [-0.2, -0.15) is 5.26 Å². The summed E-state index contributed by atoms with van der Waals surface area (Å²) in [5.74, 6) is -0.247. The van der Waals surface area contributed by atoms with Gasteiger partial charge in [-0.1, -0.05) is 0 Å². The number of esters is 1. The largest absolute Gasteiger partial charge is 0.466 e. The fraction of sp³-hybridized carbons (Fsp3) is 0.286. The van der Waals surface area contributed by atoms with Gasteiger partial charge < -0.3 is 9.14 Å². The van der Waals surface area contributed by atoms with Crippen LogP contribution >= 0.6 is 0 Å². The van der Waals surface area contributed by atoms with Crippen molar-refractivity contribution in [2.24, 2.45) is 0 Å². The maximum absolute atomic E-state index is 11.6. The van der Waals surface area contributed by atoms with Crippen LogP contribution in [0.1, 0.15) is 23.7 Å². The van der Waals surface area contributed by atoms with Crippen LogP contribution in [0, 0.1) is 18.3 Å². The number of aromatic nitrogens is 1. The molecule has 18 heavy (non-hydrogen) atoms. The molecule has 0 amide bonds. The average Bonchev–Trinajstić information content (AvgIpc) is 2.65. The minimum atomic E-state index is -0.247. The molecule has 0 aliphatic carbocycles. The number of aryl methyl sites for hydroxylation is 1. The van der Waals surface area contributed by atoms with Crippen molar-refractivity contribution in [3.8, 4) is 6.07 Å². The van der Waals surface area contributed by atoms with Gasteiger partial charge in [-0.05, 0) is 37.6 Å². The van der Waals surface area contributed by atoms with Crippen molar-refractivity contribution in [1.82, 2.24) is 4.40 Å². The predicted octanol–water partition coefficient (Wildman–Crippen LogP) is 2.23. The van der Waals surface area contributed by atoms with Gasteiger partial charge in [0.1, 0.15) is 6.07 Å². The third-order valence-electron chi connectivity index (χ3n) is 2.84. The van der Waals surface area contributed by atoms with E-state index in [0.29, 0.717) is 12.2 Å². The van der Waals surface area contributed by atoms with Crippen LogP contribution in [0.3, 0.4) is 0 Å². The van der Waals surface area contributed by atoms with Crippen LogP contribution in [0.15, 0.2) is 24.4 Å². The number of ether oxygens (including phenoxy) is 1. The minimum absolute atomic E-state index is 0.225. The third kappa shape index (κ3) is 2.21. The fourth-order valence-electron chi connectivity index (χ4n) is 2.00. The Balaban J connectivity index is 2.45. The number of pyridine rings is 1. The highest BCUT2D eigenvalue weighted by Crippen LogP contribution is 2.18. The number of nitriles is 1. The van der Waals surface area contributed by atoms with Crippen LogP contribution in [0.5, 0.6) is 0 Å². The van der Waals surface area contributed by atoms with Gasteiger partial charge in [-0.3, -0.25) is 4.79 Å². The molecule has 4 nitrogen and oxygen atoms in total. The van der Waals surface area contributed by atoms with Crippen LogP contribution in [-0.4, -0.2) is 17.0 Å². The quantitative estimate of drug-likeness (QED) is 0.775. The van der Waals surface area contributed by atoms with Gasteiger partial charge in [0.15, 0.2) is 0 Å². The Morgan fingerprint density at radius 1 is 1.50 bits per heavy atom. The van der Waals surface area contributed by atoms with Gasteiger partial charge in [-0.25, -0.2) is 0 Å². The molecule has 0 aliphatic heterocycles. The van der Waals surface area contributed by atoms with E-state index in [1.54, 1.807) is 19.2 Å². The highest BCUT2D eigenvalue weighted by molar-refractivity contribution is 5.73. The zero-order chi connectivity index (χ0) is 13.1. The van der Waals surface area contributed by atoms with E-state index in [4.69, 9.17) is 10.00 Å². The third-order valence-corrected chi connectivity index (χ3v) is 2.84. The topological polar surface area (TPSA) is 54.5 Å². The zero-order valence-electron chi connectivity index (χ0n) is 10.4. The van der Waals surface area contributed by atoms with Gasteiger partial charge in [0.25, 0.3) is 0 Å². The molecular formula is C14H14N2O2. The average molecular weight is 242 g/mol. The fourth-order valence-corrected chi connectivity index (χ4v) is 2.00. The van der Waals surface area contributed by atoms with Gasteiger partial charge in [0.05, 0.1) is 18.6 Å². The summed E-state index contributed by atoms with van der Waals surface area (Å²) in [5, 5.41) is 8.91. The van der Waals surface area contributed by atoms with Crippen molar-refractivity contribution >= 4 is 11.5 Å². The molecule has 92 valence electrons. The van der Waals surface area contributed by atoms with E-state index in [2.05, 4.69) is 6.07 Å². The van der Waals surface area contributed by atoms with E-state index < -0.39 is 0 Å². The Kier molecular flexibility index (Phi) is 3.33. The molecule has 0 radical (unpaired) electrons. The summed E-state index contributed by atoms with van der Waals surface area (Å²) in [6.45, 7) is 4.12. The Labute approximate surface area is 105 Å². The number of carbonyl (C=O) groups is 1. The van der Waals surface area contributed by atoms with Crippen molar-refractivity contribution in [3.05, 3.63) is 41.2 Å². The van der Waals surface area contributed by atoms with Crippen LogP contribution in [0.4, 0.5) is 0 Å². The highest BCUT2D eigenvalue weighted by atomic mass is 16.5. The van der Waals surface area contributed by atoms with Gasteiger partial charge in [0, 0.05) is 17.4 Å². The van der Waals surface area contributed by atoms with Crippen LogP contribution in [0.25, 0.3) is 5.52 Å². The van der Waals surface area contributed by atoms with Crippen LogP contribution in [0.2, 0.25) is 0 Å². The molecule has 0 spiro atoms. The number of nitrogens with zero attached hydrogens (tertiary/aromatic N) is 2. The molecule has 0 atom stereocenters. The summed E-state index contributed by atoms with van der Waals surface area (Å²) < 4.78 is 6.84. The molecular weight excluding hydrogens is 228 g/mol. The lowest BCUT2D eigenvalue weighted by molar-refractivity contribution is -0.142. The first-order valence-corrected chi connectivity index (χ1v) is 5.82. The van der Waals surface area contributed by atoms with Gasteiger partial charge in [0.2, 0.25) is 0 Å². The SMILES string of the molecule is CCOC(=O)Cc1c(C)cc2ccc(C#N)cn12. The van der Waals surface area contributed by atoms with Crippen molar-refractivity contribution in [2.45, 2.75) is 20.3 Å². The van der Waals surface area contributed by atoms with Crippen molar-refractivity contribution in [1.29, 1.82) is 5.26 Å². The zero-order valence-corrected chi connectivity index (χ0v) is 10.4. The first-order valence-electron chi connectivity index (χ1n) is 5.82. The number of rotatable bonds is 3. The van der Waals surface area contributed by atoms with E-state index in [9.17, 15) is 4.79 Å². The molecule has 2 aromatic heterocycles. The lowest BCUT2D eigenvalue weighted by atomic mass is 10.2. The van der Waals surface area contributed by atoms with E-state index in [1.165, 1.54) is 0 Å². The van der Waals surface area contributed by atoms with E-state index in [0.717, 1.165) is 16.8 Å². The Bertz CT molecular complexity index is 635. The summed E-state index contributed by atoms with van der Waals surface area (Å²) >= 11 is 0. The summed E-state index contributed by atoms with van der Waals surface area (Å²) in [4.78, 5) is 11.6. The molecule has 0 bridgehead atoms. The molecule has 0 aromatic carbocycles.